The second kappa shape index (κ2) is 3.36. The molecule has 0 aromatic heterocycles. The summed E-state index contributed by atoms with van der Waals surface area (Å²) in [6.07, 6.45) is 0. The van der Waals surface area contributed by atoms with Crippen molar-refractivity contribution in [2.75, 3.05) is 0 Å². The minimum atomic E-state index is 0.273. The molecule has 0 amide bonds. The first-order valence-corrected chi connectivity index (χ1v) is 5.26. The highest BCUT2D eigenvalue weighted by Gasteiger charge is 2.13. The molecule has 0 aliphatic rings. The van der Waals surface area contributed by atoms with Crippen molar-refractivity contribution < 1.29 is 0 Å². The van der Waals surface area contributed by atoms with Gasteiger partial charge in [-0.2, -0.15) is 0 Å². The number of rotatable bonds is 0. The molecule has 1 rings (SSSR count). The molecule has 0 saturated carbocycles. The lowest BCUT2D eigenvalue weighted by Gasteiger charge is -2.19. The molecule has 1 aromatic carbocycles. The minimum absolute atomic E-state index is 0.273. The summed E-state index contributed by atoms with van der Waals surface area (Å²) in [4.78, 5) is 0. The summed E-state index contributed by atoms with van der Waals surface area (Å²) in [5.74, 6) is 0. The van der Waals surface area contributed by atoms with Gasteiger partial charge in [-0.3, -0.25) is 0 Å². The van der Waals surface area contributed by atoms with Crippen LogP contribution in [0.25, 0.3) is 0 Å². The maximum absolute atomic E-state index is 2.37. The van der Waals surface area contributed by atoms with Crippen LogP contribution in [0.4, 0.5) is 0 Å². The smallest absolute Gasteiger partial charge is 0.0159 e. The van der Waals surface area contributed by atoms with E-state index in [0.717, 1.165) is 0 Å². The van der Waals surface area contributed by atoms with Gasteiger partial charge in [-0.05, 0) is 52.1 Å². The van der Waals surface area contributed by atoms with Crippen LogP contribution in [0.3, 0.4) is 0 Å². The Morgan fingerprint density at radius 2 is 1.75 bits per heavy atom. The van der Waals surface area contributed by atoms with Crippen LogP contribution in [0.15, 0.2) is 18.2 Å². The van der Waals surface area contributed by atoms with Gasteiger partial charge in [0, 0.05) is 3.57 Å². The standard InChI is InChI=1S/C11H15I/c1-8-7-9(11(2,3)4)5-6-10(8)12/h5-7H,1-4H3. The third-order valence-electron chi connectivity index (χ3n) is 2.02. The van der Waals surface area contributed by atoms with Gasteiger partial charge in [0.05, 0.1) is 0 Å². The van der Waals surface area contributed by atoms with Gasteiger partial charge < -0.3 is 0 Å². The van der Waals surface area contributed by atoms with Crippen LogP contribution in [0.2, 0.25) is 0 Å². The molecule has 0 bridgehead atoms. The summed E-state index contributed by atoms with van der Waals surface area (Å²) in [6.45, 7) is 8.90. The molecule has 12 heavy (non-hydrogen) atoms. The second-order valence-electron chi connectivity index (χ2n) is 4.21. The Hall–Kier alpha value is -0.0500. The Labute approximate surface area is 88.5 Å². The summed E-state index contributed by atoms with van der Waals surface area (Å²) < 4.78 is 1.35. The van der Waals surface area contributed by atoms with Gasteiger partial charge in [-0.1, -0.05) is 32.9 Å². The molecule has 0 aliphatic carbocycles. The fraction of sp³-hybridized carbons (Fsp3) is 0.455. The number of halogens is 1. The highest BCUT2D eigenvalue weighted by molar-refractivity contribution is 14.1. The molecule has 0 aliphatic heterocycles. The van der Waals surface area contributed by atoms with E-state index in [0.29, 0.717) is 0 Å². The highest BCUT2D eigenvalue weighted by atomic mass is 127. The monoisotopic (exact) mass is 274 g/mol. The van der Waals surface area contributed by atoms with Gasteiger partial charge in [0.2, 0.25) is 0 Å². The number of hydrogen-bond donors (Lipinski definition) is 0. The minimum Gasteiger partial charge on any atom is -0.0574 e. The van der Waals surface area contributed by atoms with Crippen molar-refractivity contribution in [1.82, 2.24) is 0 Å². The molecule has 0 nitrogen and oxygen atoms in total. The zero-order chi connectivity index (χ0) is 9.35. The van der Waals surface area contributed by atoms with Crippen molar-refractivity contribution in [3.8, 4) is 0 Å². The Morgan fingerprint density at radius 1 is 1.17 bits per heavy atom. The third-order valence-corrected chi connectivity index (χ3v) is 3.23. The molecule has 66 valence electrons. The second-order valence-corrected chi connectivity index (χ2v) is 5.38. The third kappa shape index (κ3) is 2.22. The molecule has 0 radical (unpaired) electrons. The molecule has 1 aromatic rings. The lowest BCUT2D eigenvalue weighted by Crippen LogP contribution is -2.11. The van der Waals surface area contributed by atoms with E-state index in [1.54, 1.807) is 0 Å². The van der Waals surface area contributed by atoms with Gasteiger partial charge in [0.25, 0.3) is 0 Å². The summed E-state index contributed by atoms with van der Waals surface area (Å²) >= 11 is 2.37. The zero-order valence-electron chi connectivity index (χ0n) is 8.11. The van der Waals surface area contributed by atoms with Crippen LogP contribution in [0.5, 0.6) is 0 Å². The van der Waals surface area contributed by atoms with Gasteiger partial charge in [-0.15, -0.1) is 0 Å². The molecule has 0 N–H and O–H groups in total. The number of hydrogen-bond acceptors (Lipinski definition) is 0. The summed E-state index contributed by atoms with van der Waals surface area (Å²) in [6, 6.07) is 6.69. The SMILES string of the molecule is Cc1cc(C(C)(C)C)ccc1I. The van der Waals surface area contributed by atoms with E-state index in [1.165, 1.54) is 14.7 Å². The van der Waals surface area contributed by atoms with E-state index in [-0.39, 0.29) is 5.41 Å². The first-order chi connectivity index (χ1) is 5.41. The van der Waals surface area contributed by atoms with Gasteiger partial charge >= 0.3 is 0 Å². The average Bonchev–Trinajstić information content (AvgIpc) is 1.92. The van der Waals surface area contributed by atoms with E-state index in [1.807, 2.05) is 0 Å². The number of aryl methyl sites for hydroxylation is 1. The Bertz CT molecular complexity index is 282. The number of benzene rings is 1. The van der Waals surface area contributed by atoms with Crippen LogP contribution in [-0.2, 0) is 5.41 Å². The van der Waals surface area contributed by atoms with Crippen molar-refractivity contribution in [3.63, 3.8) is 0 Å². The average molecular weight is 274 g/mol. The van der Waals surface area contributed by atoms with Crippen LogP contribution in [0, 0.1) is 10.5 Å². The van der Waals surface area contributed by atoms with Crippen molar-refractivity contribution >= 4 is 22.6 Å². The van der Waals surface area contributed by atoms with Crippen molar-refractivity contribution in [3.05, 3.63) is 32.9 Å². The van der Waals surface area contributed by atoms with Crippen LogP contribution in [0.1, 0.15) is 31.9 Å². The van der Waals surface area contributed by atoms with Crippen LogP contribution >= 0.6 is 22.6 Å². The predicted octanol–water partition coefficient (Wildman–Crippen LogP) is 3.90. The lowest BCUT2D eigenvalue weighted by molar-refractivity contribution is 0.589. The molecule has 0 atom stereocenters. The van der Waals surface area contributed by atoms with Gasteiger partial charge in [0.1, 0.15) is 0 Å². The molecule has 1 heteroatoms. The van der Waals surface area contributed by atoms with Crippen LogP contribution < -0.4 is 0 Å². The first kappa shape index (κ1) is 10.0. The fourth-order valence-electron chi connectivity index (χ4n) is 1.11. The van der Waals surface area contributed by atoms with Crippen LogP contribution in [-0.4, -0.2) is 0 Å². The maximum atomic E-state index is 2.37. The van der Waals surface area contributed by atoms with E-state index >= 15 is 0 Å². The van der Waals surface area contributed by atoms with E-state index in [2.05, 4.69) is 68.5 Å². The molecular formula is C11H15I. The quantitative estimate of drug-likeness (QED) is 0.629. The molecule has 0 heterocycles. The predicted molar refractivity (Wildman–Crippen MR) is 62.6 cm³/mol. The summed E-state index contributed by atoms with van der Waals surface area (Å²) in [5, 5.41) is 0. The van der Waals surface area contributed by atoms with Crippen molar-refractivity contribution in [1.29, 1.82) is 0 Å². The lowest BCUT2D eigenvalue weighted by atomic mass is 9.86. The largest absolute Gasteiger partial charge is 0.0574 e. The topological polar surface area (TPSA) is 0 Å². The van der Waals surface area contributed by atoms with E-state index < -0.39 is 0 Å². The molecule has 0 unspecified atom stereocenters. The van der Waals surface area contributed by atoms with Gasteiger partial charge in [-0.25, -0.2) is 0 Å². The summed E-state index contributed by atoms with van der Waals surface area (Å²) in [5.41, 5.74) is 3.07. The van der Waals surface area contributed by atoms with Crippen molar-refractivity contribution in [2.24, 2.45) is 0 Å². The van der Waals surface area contributed by atoms with Gasteiger partial charge in [0.15, 0.2) is 0 Å². The molecular weight excluding hydrogens is 259 g/mol. The molecule has 0 saturated heterocycles. The Kier molecular flexibility index (Phi) is 2.81. The maximum Gasteiger partial charge on any atom is 0.0159 e. The first-order valence-electron chi connectivity index (χ1n) is 4.18. The highest BCUT2D eigenvalue weighted by Crippen LogP contribution is 2.24. The molecule has 0 spiro atoms. The van der Waals surface area contributed by atoms with Crippen molar-refractivity contribution in [2.45, 2.75) is 33.1 Å². The zero-order valence-corrected chi connectivity index (χ0v) is 10.3. The van der Waals surface area contributed by atoms with E-state index in [9.17, 15) is 0 Å². The fourth-order valence-corrected chi connectivity index (χ4v) is 1.45. The summed E-state index contributed by atoms with van der Waals surface area (Å²) in [7, 11) is 0. The Balaban J connectivity index is 3.14. The molecule has 0 fully saturated rings. The Morgan fingerprint density at radius 3 is 2.17 bits per heavy atom. The normalized spacial score (nSPS) is 11.8. The van der Waals surface area contributed by atoms with E-state index in [4.69, 9.17) is 0 Å².